The Morgan fingerprint density at radius 1 is 1.00 bits per heavy atom. The van der Waals surface area contributed by atoms with E-state index in [0.29, 0.717) is 6.54 Å². The van der Waals surface area contributed by atoms with E-state index in [9.17, 15) is 4.79 Å². The number of amides is 1. The molecule has 0 radical (unpaired) electrons. The zero-order chi connectivity index (χ0) is 21.8. The fraction of sp³-hybridized carbons (Fsp3) is 0.269. The lowest BCUT2D eigenvalue weighted by atomic mass is 9.93. The third-order valence-electron chi connectivity index (χ3n) is 6.30. The summed E-state index contributed by atoms with van der Waals surface area (Å²) in [6.07, 6.45) is 6.57. The Balaban J connectivity index is 0.000000383. The lowest BCUT2D eigenvalue weighted by Gasteiger charge is -2.16. The highest BCUT2D eigenvalue weighted by molar-refractivity contribution is 6.09. The minimum absolute atomic E-state index is 0.0593. The maximum atomic E-state index is 13.0. The molecule has 6 nitrogen and oxygen atoms in total. The maximum absolute atomic E-state index is 13.0. The van der Waals surface area contributed by atoms with Gasteiger partial charge in [0.25, 0.3) is 5.91 Å². The molecule has 0 bridgehead atoms. The van der Waals surface area contributed by atoms with Gasteiger partial charge >= 0.3 is 0 Å². The Kier molecular flexibility index (Phi) is 5.94. The van der Waals surface area contributed by atoms with Crippen molar-refractivity contribution < 1.29 is 4.79 Å². The zero-order valence-electron chi connectivity index (χ0n) is 18.1. The fourth-order valence-electron chi connectivity index (χ4n) is 4.79. The van der Waals surface area contributed by atoms with E-state index in [1.165, 1.54) is 40.5 Å². The SMILES string of the molecule is O=C(NCCN1CCCC1)c1cc2ccccc2c2c1Cc1ccccc1-2.c1cn[nH]n1. The highest BCUT2D eigenvalue weighted by atomic mass is 16.1. The number of rotatable bonds is 4. The van der Waals surface area contributed by atoms with Crippen molar-refractivity contribution >= 4 is 16.7 Å². The van der Waals surface area contributed by atoms with Crippen LogP contribution < -0.4 is 5.32 Å². The molecular formula is C26H27N5O. The van der Waals surface area contributed by atoms with E-state index in [1.54, 1.807) is 12.4 Å². The number of aromatic nitrogens is 3. The predicted octanol–water partition coefficient (Wildman–Crippen LogP) is 4.04. The van der Waals surface area contributed by atoms with Crippen LogP contribution in [0.2, 0.25) is 0 Å². The molecule has 6 heteroatoms. The molecule has 3 aromatic carbocycles. The van der Waals surface area contributed by atoms with Crippen molar-refractivity contribution in [3.05, 3.63) is 83.7 Å². The number of hydrogen-bond donors (Lipinski definition) is 2. The van der Waals surface area contributed by atoms with Gasteiger partial charge in [-0.05, 0) is 71.4 Å². The Morgan fingerprint density at radius 2 is 1.75 bits per heavy atom. The number of hydrogen-bond acceptors (Lipinski definition) is 4. The first-order chi connectivity index (χ1) is 15.8. The van der Waals surface area contributed by atoms with Crippen molar-refractivity contribution in [2.45, 2.75) is 19.3 Å². The lowest BCUT2D eigenvalue weighted by molar-refractivity contribution is 0.0949. The molecule has 162 valence electrons. The van der Waals surface area contributed by atoms with Gasteiger partial charge in [0.2, 0.25) is 0 Å². The van der Waals surface area contributed by atoms with Gasteiger partial charge < -0.3 is 10.2 Å². The first kappa shape index (κ1) is 20.4. The second-order valence-electron chi connectivity index (χ2n) is 8.29. The van der Waals surface area contributed by atoms with Crippen LogP contribution in [0.3, 0.4) is 0 Å². The van der Waals surface area contributed by atoms with Crippen LogP contribution in [0.5, 0.6) is 0 Å². The Hall–Kier alpha value is -3.51. The minimum atomic E-state index is 0.0593. The maximum Gasteiger partial charge on any atom is 0.251 e. The standard InChI is InChI=1S/C24H24N2O.C2H3N3/c27-24(25-11-14-26-12-5-6-13-26)22-16-18-8-2-4-10-20(18)23-19-9-3-1-7-17(19)15-21(22)23;1-2-4-5-3-1/h1-4,7-10,16H,5-6,11-15H2,(H,25,27);1-2H,(H,3,4,5). The van der Waals surface area contributed by atoms with E-state index in [0.717, 1.165) is 37.0 Å². The molecule has 1 saturated heterocycles. The molecule has 2 heterocycles. The average molecular weight is 426 g/mol. The Labute approximate surface area is 187 Å². The number of nitrogens with one attached hydrogen (secondary N) is 2. The molecule has 0 atom stereocenters. The largest absolute Gasteiger partial charge is 0.351 e. The van der Waals surface area contributed by atoms with Crippen LogP contribution in [0.1, 0.15) is 34.3 Å². The normalized spacial score (nSPS) is 14.5. The van der Waals surface area contributed by atoms with E-state index in [-0.39, 0.29) is 5.91 Å². The van der Waals surface area contributed by atoms with E-state index in [2.05, 4.69) is 74.2 Å². The van der Waals surface area contributed by atoms with Crippen molar-refractivity contribution in [2.24, 2.45) is 0 Å². The van der Waals surface area contributed by atoms with Gasteiger partial charge in [0.1, 0.15) is 0 Å². The third kappa shape index (κ3) is 4.14. The topological polar surface area (TPSA) is 73.9 Å². The molecule has 0 spiro atoms. The molecule has 1 amide bonds. The number of likely N-dealkylation sites (tertiary alicyclic amines) is 1. The van der Waals surface area contributed by atoms with Gasteiger partial charge in [0.05, 0.1) is 12.4 Å². The molecule has 6 rings (SSSR count). The Bertz CT molecular complexity index is 1200. The summed E-state index contributed by atoms with van der Waals surface area (Å²) in [6.45, 7) is 3.99. The smallest absolute Gasteiger partial charge is 0.251 e. The van der Waals surface area contributed by atoms with Crippen molar-refractivity contribution in [1.82, 2.24) is 25.6 Å². The van der Waals surface area contributed by atoms with Crippen molar-refractivity contribution in [3.63, 3.8) is 0 Å². The van der Waals surface area contributed by atoms with Crippen molar-refractivity contribution in [2.75, 3.05) is 26.2 Å². The third-order valence-corrected chi connectivity index (χ3v) is 6.30. The molecule has 0 unspecified atom stereocenters. The van der Waals surface area contributed by atoms with Crippen LogP contribution in [0.4, 0.5) is 0 Å². The molecule has 0 saturated carbocycles. The van der Waals surface area contributed by atoms with Gasteiger partial charge in [-0.2, -0.15) is 15.4 Å². The van der Waals surface area contributed by atoms with E-state index in [1.807, 2.05) is 6.07 Å². The number of aromatic amines is 1. The molecule has 2 aliphatic rings. The number of nitrogens with zero attached hydrogens (tertiary/aromatic N) is 3. The summed E-state index contributed by atoms with van der Waals surface area (Å²) in [4.78, 5) is 15.5. The molecule has 32 heavy (non-hydrogen) atoms. The number of fused-ring (bicyclic) bond motifs is 5. The van der Waals surface area contributed by atoms with Crippen LogP contribution in [0.25, 0.3) is 21.9 Å². The predicted molar refractivity (Wildman–Crippen MR) is 127 cm³/mol. The fourth-order valence-corrected chi connectivity index (χ4v) is 4.79. The number of carbonyl (C=O) groups is 1. The summed E-state index contributed by atoms with van der Waals surface area (Å²) < 4.78 is 0. The van der Waals surface area contributed by atoms with Crippen LogP contribution in [0, 0.1) is 0 Å². The summed E-state index contributed by atoms with van der Waals surface area (Å²) in [5, 5.41) is 14.9. The van der Waals surface area contributed by atoms with E-state index >= 15 is 0 Å². The average Bonchev–Trinajstić information content (AvgIpc) is 3.61. The summed E-state index contributed by atoms with van der Waals surface area (Å²) in [7, 11) is 0. The summed E-state index contributed by atoms with van der Waals surface area (Å²) in [5.41, 5.74) is 5.84. The highest BCUT2D eigenvalue weighted by Crippen LogP contribution is 2.43. The Morgan fingerprint density at radius 3 is 2.53 bits per heavy atom. The number of carbonyl (C=O) groups excluding carboxylic acids is 1. The van der Waals surface area contributed by atoms with Gasteiger partial charge in [-0.25, -0.2) is 0 Å². The van der Waals surface area contributed by atoms with Gasteiger partial charge in [-0.1, -0.05) is 48.5 Å². The molecule has 1 aliphatic carbocycles. The number of benzene rings is 3. The highest BCUT2D eigenvalue weighted by Gasteiger charge is 2.26. The summed E-state index contributed by atoms with van der Waals surface area (Å²) in [5.74, 6) is 0.0593. The molecule has 2 N–H and O–H groups in total. The van der Waals surface area contributed by atoms with Gasteiger partial charge in [0.15, 0.2) is 0 Å². The minimum Gasteiger partial charge on any atom is -0.351 e. The summed E-state index contributed by atoms with van der Waals surface area (Å²) >= 11 is 0. The number of H-pyrrole nitrogens is 1. The van der Waals surface area contributed by atoms with Crippen LogP contribution >= 0.6 is 0 Å². The van der Waals surface area contributed by atoms with E-state index in [4.69, 9.17) is 0 Å². The van der Waals surface area contributed by atoms with Gasteiger partial charge in [-0.15, -0.1) is 0 Å². The lowest BCUT2D eigenvalue weighted by Crippen LogP contribution is -2.33. The van der Waals surface area contributed by atoms with Gasteiger partial charge in [-0.3, -0.25) is 4.79 Å². The molecule has 4 aromatic rings. The molecule has 1 aromatic heterocycles. The summed E-state index contributed by atoms with van der Waals surface area (Å²) in [6, 6.07) is 19.0. The van der Waals surface area contributed by atoms with Gasteiger partial charge in [0, 0.05) is 18.7 Å². The van der Waals surface area contributed by atoms with Crippen molar-refractivity contribution in [1.29, 1.82) is 0 Å². The second-order valence-corrected chi connectivity index (χ2v) is 8.29. The zero-order valence-corrected chi connectivity index (χ0v) is 18.1. The first-order valence-electron chi connectivity index (χ1n) is 11.2. The van der Waals surface area contributed by atoms with Crippen molar-refractivity contribution in [3.8, 4) is 11.1 Å². The van der Waals surface area contributed by atoms with Crippen LogP contribution in [-0.4, -0.2) is 52.4 Å². The van der Waals surface area contributed by atoms with Crippen LogP contribution in [-0.2, 0) is 6.42 Å². The van der Waals surface area contributed by atoms with E-state index < -0.39 is 0 Å². The first-order valence-corrected chi connectivity index (χ1v) is 11.2. The quantitative estimate of drug-likeness (QED) is 0.456. The van der Waals surface area contributed by atoms with Crippen LogP contribution in [0.15, 0.2) is 67.0 Å². The molecule has 1 aliphatic heterocycles. The molecule has 1 fully saturated rings. The second kappa shape index (κ2) is 9.32. The monoisotopic (exact) mass is 425 g/mol. The molecular weight excluding hydrogens is 398 g/mol.